The lowest BCUT2D eigenvalue weighted by Gasteiger charge is -2.07. The van der Waals surface area contributed by atoms with E-state index < -0.39 is 17.1 Å². The highest BCUT2D eigenvalue weighted by atomic mass is 19.1. The van der Waals surface area contributed by atoms with Crippen molar-refractivity contribution in [1.82, 2.24) is 9.55 Å². The molecular weight excluding hydrogens is 263 g/mol. The molecule has 0 radical (unpaired) electrons. The van der Waals surface area contributed by atoms with Gasteiger partial charge in [0.15, 0.2) is 0 Å². The van der Waals surface area contributed by atoms with E-state index in [0.717, 1.165) is 4.57 Å². The number of phenols is 1. The monoisotopic (exact) mass is 272 g/mol. The van der Waals surface area contributed by atoms with Gasteiger partial charge < -0.3 is 10.1 Å². The zero-order chi connectivity index (χ0) is 14.3. The van der Waals surface area contributed by atoms with E-state index in [0.29, 0.717) is 0 Å². The van der Waals surface area contributed by atoms with Crippen molar-refractivity contribution in [2.75, 3.05) is 0 Å². The predicted octanol–water partition coefficient (Wildman–Crippen LogP) is 1.52. The molecule has 0 fully saturated rings. The molecule has 0 atom stereocenters. The first kappa shape index (κ1) is 12.2. The molecule has 0 aliphatic heterocycles. The molecule has 100 valence electrons. The van der Waals surface area contributed by atoms with Crippen LogP contribution in [0.1, 0.15) is 0 Å². The number of H-pyrrole nitrogens is 1. The molecule has 0 bridgehead atoms. The van der Waals surface area contributed by atoms with Crippen molar-refractivity contribution in [2.45, 2.75) is 0 Å². The maximum absolute atomic E-state index is 13.7. The van der Waals surface area contributed by atoms with E-state index in [1.165, 1.54) is 42.5 Å². The van der Waals surface area contributed by atoms with Gasteiger partial charge in [0.05, 0.1) is 16.6 Å². The van der Waals surface area contributed by atoms with Crippen molar-refractivity contribution < 1.29 is 9.50 Å². The fourth-order valence-corrected chi connectivity index (χ4v) is 2.06. The van der Waals surface area contributed by atoms with Crippen LogP contribution in [-0.2, 0) is 0 Å². The van der Waals surface area contributed by atoms with Crippen LogP contribution in [0.2, 0.25) is 0 Å². The summed E-state index contributed by atoms with van der Waals surface area (Å²) in [5.41, 5.74) is -1.33. The Labute approximate surface area is 111 Å². The van der Waals surface area contributed by atoms with E-state index in [1.54, 1.807) is 0 Å². The molecule has 0 saturated heterocycles. The Hall–Kier alpha value is -2.89. The fourth-order valence-electron chi connectivity index (χ4n) is 2.06. The lowest BCUT2D eigenvalue weighted by molar-refractivity contribution is 0.476. The van der Waals surface area contributed by atoms with E-state index in [1.807, 2.05) is 0 Å². The standard InChI is InChI=1S/C14H9FN2O3/c15-10-3-1-2-4-12(10)17-13(19)9-6-5-8(18)7-11(9)16-14(17)20/h1-7,18H,(H,16,20). The lowest BCUT2D eigenvalue weighted by Crippen LogP contribution is -2.34. The minimum absolute atomic E-state index is 0.0730. The summed E-state index contributed by atoms with van der Waals surface area (Å²) in [5, 5.41) is 9.54. The number of benzene rings is 2. The number of aromatic nitrogens is 2. The molecule has 1 aromatic heterocycles. The Bertz CT molecular complexity index is 928. The lowest BCUT2D eigenvalue weighted by atomic mass is 10.2. The Morgan fingerprint density at radius 3 is 2.60 bits per heavy atom. The first-order chi connectivity index (χ1) is 9.58. The first-order valence-electron chi connectivity index (χ1n) is 5.81. The van der Waals surface area contributed by atoms with Gasteiger partial charge in [-0.05, 0) is 24.3 Å². The van der Waals surface area contributed by atoms with Gasteiger partial charge in [-0.1, -0.05) is 12.1 Å². The van der Waals surface area contributed by atoms with Crippen molar-refractivity contribution in [2.24, 2.45) is 0 Å². The highest BCUT2D eigenvalue weighted by molar-refractivity contribution is 5.79. The summed E-state index contributed by atoms with van der Waals surface area (Å²) in [6.07, 6.45) is 0. The third-order valence-corrected chi connectivity index (χ3v) is 2.97. The molecule has 0 spiro atoms. The summed E-state index contributed by atoms with van der Waals surface area (Å²) in [5.74, 6) is -0.741. The second kappa shape index (κ2) is 4.34. The molecule has 0 aliphatic rings. The third kappa shape index (κ3) is 1.78. The molecule has 2 aromatic carbocycles. The molecule has 2 N–H and O–H groups in total. The summed E-state index contributed by atoms with van der Waals surface area (Å²) in [4.78, 5) is 26.7. The van der Waals surface area contributed by atoms with Gasteiger partial charge in [0.1, 0.15) is 11.6 Å². The number of para-hydroxylation sites is 1. The Morgan fingerprint density at radius 1 is 1.10 bits per heavy atom. The minimum atomic E-state index is -0.766. The normalized spacial score (nSPS) is 10.8. The number of halogens is 1. The number of nitrogens with one attached hydrogen (secondary N) is 1. The average Bonchev–Trinajstić information content (AvgIpc) is 2.40. The predicted molar refractivity (Wildman–Crippen MR) is 71.8 cm³/mol. The van der Waals surface area contributed by atoms with Crippen LogP contribution in [0.3, 0.4) is 0 Å². The van der Waals surface area contributed by atoms with Gasteiger partial charge in [-0.15, -0.1) is 0 Å². The number of phenolic OH excluding ortho intramolecular Hbond substituents is 1. The van der Waals surface area contributed by atoms with E-state index in [-0.39, 0.29) is 22.3 Å². The smallest absolute Gasteiger partial charge is 0.333 e. The molecule has 0 saturated carbocycles. The quantitative estimate of drug-likeness (QED) is 0.705. The number of hydrogen-bond donors (Lipinski definition) is 2. The fraction of sp³-hybridized carbons (Fsp3) is 0. The van der Waals surface area contributed by atoms with Crippen LogP contribution >= 0.6 is 0 Å². The van der Waals surface area contributed by atoms with E-state index >= 15 is 0 Å². The van der Waals surface area contributed by atoms with Crippen molar-refractivity contribution in [1.29, 1.82) is 0 Å². The Morgan fingerprint density at radius 2 is 1.85 bits per heavy atom. The van der Waals surface area contributed by atoms with Crippen LogP contribution < -0.4 is 11.2 Å². The minimum Gasteiger partial charge on any atom is -0.508 e. The molecular formula is C14H9FN2O3. The number of hydrogen-bond acceptors (Lipinski definition) is 3. The van der Waals surface area contributed by atoms with Gasteiger partial charge in [-0.25, -0.2) is 13.8 Å². The van der Waals surface area contributed by atoms with Crippen molar-refractivity contribution in [3.05, 3.63) is 69.1 Å². The summed E-state index contributed by atoms with van der Waals surface area (Å²) >= 11 is 0. The zero-order valence-corrected chi connectivity index (χ0v) is 10.1. The van der Waals surface area contributed by atoms with Gasteiger partial charge in [-0.3, -0.25) is 4.79 Å². The van der Waals surface area contributed by atoms with E-state index in [9.17, 15) is 19.1 Å². The molecule has 0 unspecified atom stereocenters. The number of aromatic amines is 1. The van der Waals surface area contributed by atoms with Crippen LogP contribution in [0.5, 0.6) is 5.75 Å². The van der Waals surface area contributed by atoms with Gasteiger partial charge in [-0.2, -0.15) is 0 Å². The highest BCUT2D eigenvalue weighted by Gasteiger charge is 2.12. The molecule has 5 nitrogen and oxygen atoms in total. The second-order valence-electron chi connectivity index (χ2n) is 4.25. The molecule has 0 amide bonds. The van der Waals surface area contributed by atoms with Crippen LogP contribution in [-0.4, -0.2) is 14.7 Å². The van der Waals surface area contributed by atoms with Crippen molar-refractivity contribution >= 4 is 10.9 Å². The number of fused-ring (bicyclic) bond motifs is 1. The Kier molecular flexibility index (Phi) is 2.64. The van der Waals surface area contributed by atoms with Crippen LogP contribution in [0.4, 0.5) is 4.39 Å². The maximum Gasteiger partial charge on any atom is 0.333 e. The topological polar surface area (TPSA) is 75.1 Å². The summed E-state index contributed by atoms with van der Waals surface area (Å²) < 4.78 is 14.5. The van der Waals surface area contributed by atoms with E-state index in [2.05, 4.69) is 4.98 Å². The van der Waals surface area contributed by atoms with Gasteiger partial charge in [0.25, 0.3) is 5.56 Å². The van der Waals surface area contributed by atoms with Crippen LogP contribution in [0.15, 0.2) is 52.1 Å². The number of aromatic hydroxyl groups is 1. The zero-order valence-electron chi connectivity index (χ0n) is 10.1. The maximum atomic E-state index is 13.7. The number of rotatable bonds is 1. The van der Waals surface area contributed by atoms with Gasteiger partial charge in [0.2, 0.25) is 0 Å². The third-order valence-electron chi connectivity index (χ3n) is 2.97. The summed E-state index contributed by atoms with van der Waals surface area (Å²) in [6, 6.07) is 9.49. The van der Waals surface area contributed by atoms with Crippen LogP contribution in [0.25, 0.3) is 16.6 Å². The average molecular weight is 272 g/mol. The highest BCUT2D eigenvalue weighted by Crippen LogP contribution is 2.15. The molecule has 3 rings (SSSR count). The Balaban J connectivity index is 2.44. The molecule has 6 heteroatoms. The van der Waals surface area contributed by atoms with Crippen LogP contribution in [0, 0.1) is 5.82 Å². The van der Waals surface area contributed by atoms with E-state index in [4.69, 9.17) is 0 Å². The van der Waals surface area contributed by atoms with Gasteiger partial charge in [0, 0.05) is 6.07 Å². The van der Waals surface area contributed by atoms with Gasteiger partial charge >= 0.3 is 5.69 Å². The molecule has 3 aromatic rings. The molecule has 20 heavy (non-hydrogen) atoms. The summed E-state index contributed by atoms with van der Waals surface area (Å²) in [7, 11) is 0. The largest absolute Gasteiger partial charge is 0.508 e. The summed E-state index contributed by atoms with van der Waals surface area (Å²) in [6.45, 7) is 0. The number of nitrogens with zero attached hydrogens (tertiary/aromatic N) is 1. The second-order valence-corrected chi connectivity index (χ2v) is 4.25. The SMILES string of the molecule is O=c1[nH]c2cc(O)ccc2c(=O)n1-c1ccccc1F. The molecule has 1 heterocycles. The first-order valence-corrected chi connectivity index (χ1v) is 5.81. The van der Waals surface area contributed by atoms with Crippen molar-refractivity contribution in [3.8, 4) is 11.4 Å². The van der Waals surface area contributed by atoms with Crippen molar-refractivity contribution in [3.63, 3.8) is 0 Å². The molecule has 0 aliphatic carbocycles.